The van der Waals surface area contributed by atoms with Gasteiger partial charge in [0.15, 0.2) is 0 Å². The molecule has 0 amide bonds. The fourth-order valence-electron chi connectivity index (χ4n) is 3.06. The van der Waals surface area contributed by atoms with Crippen molar-refractivity contribution < 1.29 is 4.74 Å². The first-order valence-electron chi connectivity index (χ1n) is 7.59. The third kappa shape index (κ3) is 4.15. The van der Waals surface area contributed by atoms with Crippen LogP contribution in [-0.2, 0) is 0 Å². The van der Waals surface area contributed by atoms with Gasteiger partial charge in [-0.2, -0.15) is 0 Å². The molecule has 1 aliphatic carbocycles. The summed E-state index contributed by atoms with van der Waals surface area (Å²) < 4.78 is 5.19. The van der Waals surface area contributed by atoms with Crippen LogP contribution in [0.5, 0.6) is 5.75 Å². The predicted molar refractivity (Wildman–Crippen MR) is 81.8 cm³/mol. The first-order valence-corrected chi connectivity index (χ1v) is 7.59. The monoisotopic (exact) mass is 261 g/mol. The molecule has 2 unspecified atom stereocenters. The van der Waals surface area contributed by atoms with Gasteiger partial charge < -0.3 is 10.1 Å². The average molecular weight is 261 g/mol. The lowest BCUT2D eigenvalue weighted by Gasteiger charge is -2.20. The fourth-order valence-corrected chi connectivity index (χ4v) is 3.06. The average Bonchev–Trinajstić information content (AvgIpc) is 2.65. The number of nitrogens with one attached hydrogen (secondary N) is 1. The van der Waals surface area contributed by atoms with Crippen LogP contribution in [0.4, 0.5) is 5.69 Å². The minimum Gasteiger partial charge on any atom is -0.497 e. The number of benzene rings is 1. The third-order valence-corrected chi connectivity index (χ3v) is 4.42. The van der Waals surface area contributed by atoms with Crippen LogP contribution in [0.25, 0.3) is 0 Å². The highest BCUT2D eigenvalue weighted by molar-refractivity contribution is 5.47. The molecular weight excluding hydrogens is 234 g/mol. The molecule has 0 spiro atoms. The van der Waals surface area contributed by atoms with Gasteiger partial charge in [0.2, 0.25) is 0 Å². The van der Waals surface area contributed by atoms with Crippen molar-refractivity contribution in [2.75, 3.05) is 12.4 Å². The summed E-state index contributed by atoms with van der Waals surface area (Å²) in [5.74, 6) is 2.67. The predicted octanol–water partition coefficient (Wildman–Crippen LogP) is 4.71. The summed E-state index contributed by atoms with van der Waals surface area (Å²) in [4.78, 5) is 0. The Morgan fingerprint density at radius 2 is 1.79 bits per heavy atom. The van der Waals surface area contributed by atoms with E-state index in [-0.39, 0.29) is 0 Å². The van der Waals surface area contributed by atoms with Gasteiger partial charge >= 0.3 is 0 Å². The zero-order valence-electron chi connectivity index (χ0n) is 12.5. The van der Waals surface area contributed by atoms with Crippen LogP contribution < -0.4 is 10.1 Å². The highest BCUT2D eigenvalue weighted by atomic mass is 16.5. The minimum atomic E-state index is 0.636. The van der Waals surface area contributed by atoms with Crippen LogP contribution in [0, 0.1) is 11.8 Å². The Hall–Kier alpha value is -1.18. The molecule has 2 rings (SSSR count). The first-order chi connectivity index (χ1) is 9.19. The van der Waals surface area contributed by atoms with Crippen LogP contribution in [0.3, 0.4) is 0 Å². The van der Waals surface area contributed by atoms with Crippen molar-refractivity contribution in [2.24, 2.45) is 11.8 Å². The number of rotatable bonds is 4. The Morgan fingerprint density at radius 1 is 1.05 bits per heavy atom. The lowest BCUT2D eigenvalue weighted by molar-refractivity contribution is 0.341. The molecule has 0 radical (unpaired) electrons. The van der Waals surface area contributed by atoms with Crippen molar-refractivity contribution >= 4 is 5.69 Å². The van der Waals surface area contributed by atoms with Gasteiger partial charge in [0.05, 0.1) is 7.11 Å². The third-order valence-electron chi connectivity index (χ3n) is 4.42. The summed E-state index contributed by atoms with van der Waals surface area (Å²) in [6.07, 6.45) is 6.73. The van der Waals surface area contributed by atoms with E-state index in [0.717, 1.165) is 17.6 Å². The molecule has 2 atom stereocenters. The van der Waals surface area contributed by atoms with E-state index < -0.39 is 0 Å². The summed E-state index contributed by atoms with van der Waals surface area (Å²) in [6.45, 7) is 4.73. The number of methoxy groups -OCH3 is 1. The Balaban J connectivity index is 1.88. The Labute approximate surface area is 117 Å². The molecule has 0 saturated heterocycles. The number of hydrogen-bond donors (Lipinski definition) is 1. The molecule has 1 aliphatic rings. The van der Waals surface area contributed by atoms with Crippen LogP contribution >= 0.6 is 0 Å². The van der Waals surface area contributed by atoms with Crippen molar-refractivity contribution in [2.45, 2.75) is 52.0 Å². The smallest absolute Gasteiger partial charge is 0.119 e. The van der Waals surface area contributed by atoms with E-state index in [2.05, 4.69) is 31.3 Å². The lowest BCUT2D eigenvalue weighted by Crippen LogP contribution is -2.18. The Morgan fingerprint density at radius 3 is 2.42 bits per heavy atom. The highest BCUT2D eigenvalue weighted by Crippen LogP contribution is 2.30. The second-order valence-corrected chi connectivity index (χ2v) is 6.08. The normalized spacial score (nSPS) is 24.0. The van der Waals surface area contributed by atoms with Crippen LogP contribution in [0.2, 0.25) is 0 Å². The standard InChI is InChI=1S/C17H27NO/c1-13(2)14-5-4-6-15(8-7-14)18-16-9-11-17(19-3)12-10-16/h9-15,18H,4-8H2,1-3H3. The molecule has 1 saturated carbocycles. The first kappa shape index (κ1) is 14.2. The molecular formula is C17H27NO. The number of hydrogen-bond acceptors (Lipinski definition) is 2. The van der Waals surface area contributed by atoms with Gasteiger partial charge in [-0.3, -0.25) is 0 Å². The topological polar surface area (TPSA) is 21.3 Å². The van der Waals surface area contributed by atoms with E-state index in [9.17, 15) is 0 Å². The van der Waals surface area contributed by atoms with Crippen molar-refractivity contribution in [1.82, 2.24) is 0 Å². The molecule has 0 bridgehead atoms. The molecule has 0 aliphatic heterocycles. The molecule has 2 nitrogen and oxygen atoms in total. The maximum absolute atomic E-state index is 5.19. The van der Waals surface area contributed by atoms with E-state index >= 15 is 0 Å². The van der Waals surface area contributed by atoms with E-state index in [1.165, 1.54) is 37.8 Å². The molecule has 1 fully saturated rings. The van der Waals surface area contributed by atoms with Crippen molar-refractivity contribution in [1.29, 1.82) is 0 Å². The van der Waals surface area contributed by atoms with Crippen LogP contribution in [0.1, 0.15) is 46.0 Å². The van der Waals surface area contributed by atoms with E-state index in [1.807, 2.05) is 12.1 Å². The zero-order chi connectivity index (χ0) is 13.7. The van der Waals surface area contributed by atoms with Crippen LogP contribution in [0.15, 0.2) is 24.3 Å². The van der Waals surface area contributed by atoms with Crippen molar-refractivity contribution in [3.63, 3.8) is 0 Å². The summed E-state index contributed by atoms with van der Waals surface area (Å²) in [6, 6.07) is 8.91. The molecule has 1 N–H and O–H groups in total. The Kier molecular flexibility index (Phi) is 5.12. The van der Waals surface area contributed by atoms with Gasteiger partial charge in [0, 0.05) is 11.7 Å². The molecule has 1 aromatic carbocycles. The molecule has 2 heteroatoms. The second-order valence-electron chi connectivity index (χ2n) is 6.08. The quantitative estimate of drug-likeness (QED) is 0.792. The minimum absolute atomic E-state index is 0.636. The second kappa shape index (κ2) is 6.83. The SMILES string of the molecule is COc1ccc(NC2CCCC(C(C)C)CC2)cc1. The molecule has 1 aromatic rings. The number of anilines is 1. The van der Waals surface area contributed by atoms with Gasteiger partial charge in [0.25, 0.3) is 0 Å². The molecule has 0 heterocycles. The summed E-state index contributed by atoms with van der Waals surface area (Å²) in [5, 5.41) is 3.68. The summed E-state index contributed by atoms with van der Waals surface area (Å²) in [5.41, 5.74) is 1.22. The maximum Gasteiger partial charge on any atom is 0.119 e. The fraction of sp³-hybridized carbons (Fsp3) is 0.647. The number of ether oxygens (including phenoxy) is 1. The van der Waals surface area contributed by atoms with Gasteiger partial charge in [0.1, 0.15) is 5.75 Å². The zero-order valence-corrected chi connectivity index (χ0v) is 12.5. The molecule has 0 aromatic heterocycles. The van der Waals surface area contributed by atoms with Crippen LogP contribution in [-0.4, -0.2) is 13.2 Å². The summed E-state index contributed by atoms with van der Waals surface area (Å²) in [7, 11) is 1.71. The van der Waals surface area contributed by atoms with Gasteiger partial charge in [-0.05, 0) is 55.4 Å². The van der Waals surface area contributed by atoms with Crippen molar-refractivity contribution in [3.05, 3.63) is 24.3 Å². The van der Waals surface area contributed by atoms with Gasteiger partial charge in [-0.15, -0.1) is 0 Å². The largest absolute Gasteiger partial charge is 0.497 e. The summed E-state index contributed by atoms with van der Waals surface area (Å²) >= 11 is 0. The van der Waals surface area contributed by atoms with Gasteiger partial charge in [-0.1, -0.05) is 26.7 Å². The lowest BCUT2D eigenvalue weighted by atomic mass is 9.89. The molecule has 106 valence electrons. The van der Waals surface area contributed by atoms with E-state index in [4.69, 9.17) is 4.74 Å². The van der Waals surface area contributed by atoms with E-state index in [0.29, 0.717) is 6.04 Å². The van der Waals surface area contributed by atoms with Gasteiger partial charge in [-0.25, -0.2) is 0 Å². The Bertz CT molecular complexity index is 371. The van der Waals surface area contributed by atoms with Crippen molar-refractivity contribution in [3.8, 4) is 5.75 Å². The van der Waals surface area contributed by atoms with E-state index in [1.54, 1.807) is 7.11 Å². The maximum atomic E-state index is 5.19. The highest BCUT2D eigenvalue weighted by Gasteiger charge is 2.20. The molecule has 19 heavy (non-hydrogen) atoms.